The second kappa shape index (κ2) is 7.45. The van der Waals surface area contributed by atoms with E-state index < -0.39 is 0 Å². The molecule has 1 aliphatic rings. The fourth-order valence-corrected chi connectivity index (χ4v) is 2.27. The molecule has 0 aromatic rings. The van der Waals surface area contributed by atoms with Crippen LogP contribution in [0, 0.1) is 5.92 Å². The Hall–Kier alpha value is -0.870. The highest BCUT2D eigenvalue weighted by Crippen LogP contribution is 2.17. The Morgan fingerprint density at radius 2 is 2.12 bits per heavy atom. The molecule has 0 atom stereocenters. The lowest BCUT2D eigenvalue weighted by molar-refractivity contribution is -0.131. The van der Waals surface area contributed by atoms with Gasteiger partial charge in [-0.05, 0) is 32.9 Å². The predicted molar refractivity (Wildman–Crippen MR) is 70.9 cm³/mol. The minimum absolute atomic E-state index is 0.218. The van der Waals surface area contributed by atoms with Gasteiger partial charge in [0.1, 0.15) is 0 Å². The van der Waals surface area contributed by atoms with Crippen LogP contribution >= 0.6 is 0 Å². The van der Waals surface area contributed by atoms with E-state index in [2.05, 4.69) is 30.9 Å². The Kier molecular flexibility index (Phi) is 6.22. The van der Waals surface area contributed by atoms with E-state index in [0.29, 0.717) is 13.1 Å². The van der Waals surface area contributed by atoms with E-state index in [1.165, 1.54) is 0 Å². The summed E-state index contributed by atoms with van der Waals surface area (Å²) in [7, 11) is 4.22. The first kappa shape index (κ1) is 14.2. The van der Waals surface area contributed by atoms with Gasteiger partial charge in [-0.25, -0.2) is 0 Å². The van der Waals surface area contributed by atoms with Crippen molar-refractivity contribution in [3.05, 3.63) is 12.7 Å². The zero-order chi connectivity index (χ0) is 12.7. The Morgan fingerprint density at radius 3 is 2.65 bits per heavy atom. The van der Waals surface area contributed by atoms with Crippen LogP contribution in [0.2, 0.25) is 0 Å². The van der Waals surface area contributed by atoms with E-state index in [0.717, 1.165) is 38.4 Å². The van der Waals surface area contributed by atoms with Gasteiger partial charge in [-0.1, -0.05) is 6.08 Å². The molecule has 0 radical (unpaired) electrons. The molecule has 0 unspecified atom stereocenters. The molecule has 1 amide bonds. The zero-order valence-corrected chi connectivity index (χ0v) is 11.1. The summed E-state index contributed by atoms with van der Waals surface area (Å²) in [5, 5.41) is 3.06. The minimum atomic E-state index is 0.218. The van der Waals surface area contributed by atoms with E-state index in [1.54, 1.807) is 6.08 Å². The Labute approximate surface area is 105 Å². The summed E-state index contributed by atoms with van der Waals surface area (Å²) in [4.78, 5) is 16.0. The molecule has 0 saturated carbocycles. The smallest absolute Gasteiger partial charge is 0.236 e. The monoisotopic (exact) mass is 239 g/mol. The lowest BCUT2D eigenvalue weighted by Gasteiger charge is -2.33. The molecule has 17 heavy (non-hydrogen) atoms. The second-order valence-corrected chi connectivity index (χ2v) is 5.01. The van der Waals surface area contributed by atoms with Crippen LogP contribution < -0.4 is 5.32 Å². The number of carbonyl (C=O) groups excluding carboxylic acids is 1. The number of rotatable bonds is 6. The number of nitrogens with zero attached hydrogens (tertiary/aromatic N) is 2. The van der Waals surface area contributed by atoms with Crippen molar-refractivity contribution in [2.75, 3.05) is 46.8 Å². The maximum atomic E-state index is 11.8. The van der Waals surface area contributed by atoms with Crippen LogP contribution in [0.3, 0.4) is 0 Å². The zero-order valence-electron chi connectivity index (χ0n) is 11.1. The first-order chi connectivity index (χ1) is 8.13. The Balaban J connectivity index is 2.21. The summed E-state index contributed by atoms with van der Waals surface area (Å²) >= 11 is 0. The molecule has 1 heterocycles. The number of carbonyl (C=O) groups is 1. The summed E-state index contributed by atoms with van der Waals surface area (Å²) in [6.45, 7) is 7.70. The lowest BCUT2D eigenvalue weighted by Crippen LogP contribution is -2.44. The summed E-state index contributed by atoms with van der Waals surface area (Å²) in [5.74, 6) is 0.963. The van der Waals surface area contributed by atoms with Crippen molar-refractivity contribution in [2.45, 2.75) is 12.8 Å². The van der Waals surface area contributed by atoms with E-state index >= 15 is 0 Å². The maximum Gasteiger partial charge on any atom is 0.236 e. The summed E-state index contributed by atoms with van der Waals surface area (Å²) in [6, 6.07) is 0. The first-order valence-corrected chi connectivity index (χ1v) is 6.37. The molecular formula is C13H25N3O. The second-order valence-electron chi connectivity index (χ2n) is 5.01. The van der Waals surface area contributed by atoms with Gasteiger partial charge in [0.2, 0.25) is 5.91 Å². The number of piperidine rings is 1. The summed E-state index contributed by atoms with van der Waals surface area (Å²) in [6.07, 6.45) is 4.04. The standard InChI is InChI=1S/C13H25N3O/c1-4-7-14-10-13(17)16-8-5-12(6-9-16)11-15(2)3/h4,12,14H,1,5-11H2,2-3H3. The summed E-state index contributed by atoms with van der Waals surface area (Å²) in [5.41, 5.74) is 0. The van der Waals surface area contributed by atoms with Gasteiger partial charge in [0, 0.05) is 26.2 Å². The average Bonchev–Trinajstić information content (AvgIpc) is 2.29. The highest BCUT2D eigenvalue weighted by Gasteiger charge is 2.22. The van der Waals surface area contributed by atoms with E-state index in [1.807, 2.05) is 4.90 Å². The van der Waals surface area contributed by atoms with Crippen molar-refractivity contribution < 1.29 is 4.79 Å². The van der Waals surface area contributed by atoms with Gasteiger partial charge in [-0.3, -0.25) is 4.79 Å². The van der Waals surface area contributed by atoms with Gasteiger partial charge in [0.15, 0.2) is 0 Å². The molecule has 4 nitrogen and oxygen atoms in total. The first-order valence-electron chi connectivity index (χ1n) is 6.37. The van der Waals surface area contributed by atoms with E-state index in [9.17, 15) is 4.79 Å². The van der Waals surface area contributed by atoms with Crippen molar-refractivity contribution in [1.29, 1.82) is 0 Å². The topological polar surface area (TPSA) is 35.6 Å². The van der Waals surface area contributed by atoms with Gasteiger partial charge in [-0.2, -0.15) is 0 Å². The predicted octanol–water partition coefficient (Wildman–Crippen LogP) is 0.562. The van der Waals surface area contributed by atoms with Crippen LogP contribution in [0.4, 0.5) is 0 Å². The lowest BCUT2D eigenvalue weighted by atomic mass is 9.96. The minimum Gasteiger partial charge on any atom is -0.342 e. The molecule has 1 N–H and O–H groups in total. The third-order valence-electron chi connectivity index (χ3n) is 3.16. The number of hydrogen-bond donors (Lipinski definition) is 1. The maximum absolute atomic E-state index is 11.8. The number of hydrogen-bond acceptors (Lipinski definition) is 3. The fraction of sp³-hybridized carbons (Fsp3) is 0.769. The van der Waals surface area contributed by atoms with Gasteiger partial charge in [0.25, 0.3) is 0 Å². The van der Waals surface area contributed by atoms with Crippen molar-refractivity contribution in [2.24, 2.45) is 5.92 Å². The van der Waals surface area contributed by atoms with Crippen LogP contribution in [-0.2, 0) is 4.79 Å². The SMILES string of the molecule is C=CCNCC(=O)N1CCC(CN(C)C)CC1. The van der Waals surface area contributed by atoms with Crippen molar-refractivity contribution >= 4 is 5.91 Å². The molecule has 0 spiro atoms. The van der Waals surface area contributed by atoms with Crippen molar-refractivity contribution in [3.8, 4) is 0 Å². The van der Waals surface area contributed by atoms with Gasteiger partial charge < -0.3 is 15.1 Å². The van der Waals surface area contributed by atoms with Gasteiger partial charge in [0.05, 0.1) is 6.54 Å². The number of likely N-dealkylation sites (tertiary alicyclic amines) is 1. The number of amides is 1. The van der Waals surface area contributed by atoms with Crippen molar-refractivity contribution in [1.82, 2.24) is 15.1 Å². The van der Waals surface area contributed by atoms with Gasteiger partial charge in [-0.15, -0.1) is 6.58 Å². The third kappa shape index (κ3) is 5.33. The van der Waals surface area contributed by atoms with Crippen LogP contribution in [0.25, 0.3) is 0 Å². The highest BCUT2D eigenvalue weighted by atomic mass is 16.2. The quantitative estimate of drug-likeness (QED) is 0.543. The van der Waals surface area contributed by atoms with E-state index in [-0.39, 0.29) is 5.91 Å². The molecule has 0 aliphatic carbocycles. The van der Waals surface area contributed by atoms with Crippen molar-refractivity contribution in [3.63, 3.8) is 0 Å². The largest absolute Gasteiger partial charge is 0.342 e. The van der Waals surface area contributed by atoms with Crippen LogP contribution in [0.5, 0.6) is 0 Å². The Morgan fingerprint density at radius 1 is 1.47 bits per heavy atom. The van der Waals surface area contributed by atoms with Crippen LogP contribution in [0.15, 0.2) is 12.7 Å². The normalized spacial score (nSPS) is 17.5. The molecule has 1 rings (SSSR count). The molecular weight excluding hydrogens is 214 g/mol. The van der Waals surface area contributed by atoms with Crippen LogP contribution in [0.1, 0.15) is 12.8 Å². The molecule has 4 heteroatoms. The molecule has 1 aliphatic heterocycles. The van der Waals surface area contributed by atoms with Crippen LogP contribution in [-0.4, -0.2) is 62.5 Å². The molecule has 0 bridgehead atoms. The molecule has 1 saturated heterocycles. The number of nitrogens with one attached hydrogen (secondary N) is 1. The Bertz CT molecular complexity index is 245. The fourth-order valence-electron chi connectivity index (χ4n) is 2.27. The molecule has 0 aromatic carbocycles. The average molecular weight is 239 g/mol. The van der Waals surface area contributed by atoms with E-state index in [4.69, 9.17) is 0 Å². The third-order valence-corrected chi connectivity index (χ3v) is 3.16. The summed E-state index contributed by atoms with van der Waals surface area (Å²) < 4.78 is 0. The molecule has 98 valence electrons. The molecule has 0 aromatic heterocycles. The molecule has 1 fully saturated rings. The highest BCUT2D eigenvalue weighted by molar-refractivity contribution is 5.78. The van der Waals surface area contributed by atoms with Gasteiger partial charge >= 0.3 is 0 Å².